The van der Waals surface area contributed by atoms with Gasteiger partial charge in [0.15, 0.2) is 5.82 Å². The zero-order valence-corrected chi connectivity index (χ0v) is 24.8. The van der Waals surface area contributed by atoms with E-state index in [4.69, 9.17) is 15.5 Å². The average molecular weight is 618 g/mol. The summed E-state index contributed by atoms with van der Waals surface area (Å²) in [6.45, 7) is 5.97. The second kappa shape index (κ2) is 10.6. The Morgan fingerprint density at radius 3 is 2.77 bits per heavy atom. The Kier molecular flexibility index (Phi) is 7.11. The van der Waals surface area contributed by atoms with Crippen molar-refractivity contribution in [2.45, 2.75) is 82.3 Å². The fourth-order valence-electron chi connectivity index (χ4n) is 7.84. The largest absolute Gasteiger partial charge is 0.461 e. The van der Waals surface area contributed by atoms with Gasteiger partial charge in [0.05, 0.1) is 16.8 Å². The molecular weight excluding hydrogens is 581 g/mol. The van der Waals surface area contributed by atoms with Gasteiger partial charge in [0.2, 0.25) is 0 Å². The van der Waals surface area contributed by atoms with E-state index in [-0.39, 0.29) is 47.2 Å². The van der Waals surface area contributed by atoms with E-state index in [9.17, 15) is 17.6 Å². The quantitative estimate of drug-likeness (QED) is 0.378. The predicted molar refractivity (Wildman–Crippen MR) is 157 cm³/mol. The third-order valence-corrected chi connectivity index (χ3v) is 9.97. The SMILES string of the molecule is CC[C@@H]1CN2c3nc(OC[C@@]45CCCN4C[C@H](F)C5)nc4c(F)c(-c5nc(N)cc(C)c5C(F)(F)F)cc(c34)CC[C@@H]2CN1. The number of pyridine rings is 1. The van der Waals surface area contributed by atoms with Crippen molar-refractivity contribution in [3.05, 3.63) is 34.6 Å². The minimum absolute atomic E-state index is 0.0344. The molecule has 7 rings (SSSR count). The number of piperazine rings is 1. The number of fused-ring (bicyclic) bond motifs is 3. The summed E-state index contributed by atoms with van der Waals surface area (Å²) in [5, 5.41) is 4.03. The Morgan fingerprint density at radius 1 is 1.18 bits per heavy atom. The molecule has 3 N–H and O–H groups in total. The highest BCUT2D eigenvalue weighted by molar-refractivity contribution is 5.97. The maximum absolute atomic E-state index is 16.7. The van der Waals surface area contributed by atoms with Crippen molar-refractivity contribution in [1.82, 2.24) is 25.2 Å². The molecule has 236 valence electrons. The molecule has 0 spiro atoms. The number of halogens is 5. The first-order valence-electron chi connectivity index (χ1n) is 15.4. The van der Waals surface area contributed by atoms with Gasteiger partial charge in [-0.15, -0.1) is 0 Å². The van der Waals surface area contributed by atoms with Crippen LogP contribution in [0, 0.1) is 12.7 Å². The fourth-order valence-corrected chi connectivity index (χ4v) is 7.84. The first-order valence-corrected chi connectivity index (χ1v) is 15.4. The minimum Gasteiger partial charge on any atom is -0.461 e. The normalized spacial score (nSPS) is 27.0. The summed E-state index contributed by atoms with van der Waals surface area (Å²) in [6.07, 6.45) is -1.65. The first kappa shape index (κ1) is 29.4. The van der Waals surface area contributed by atoms with E-state index in [2.05, 4.69) is 32.0 Å². The van der Waals surface area contributed by atoms with Crippen molar-refractivity contribution < 1.29 is 26.7 Å². The molecule has 3 fully saturated rings. The smallest absolute Gasteiger partial charge is 0.418 e. The molecule has 0 aliphatic carbocycles. The van der Waals surface area contributed by atoms with Crippen LogP contribution in [0.15, 0.2) is 12.1 Å². The van der Waals surface area contributed by atoms with E-state index in [0.29, 0.717) is 55.7 Å². The van der Waals surface area contributed by atoms with Crippen LogP contribution in [0.2, 0.25) is 0 Å². The summed E-state index contributed by atoms with van der Waals surface area (Å²) < 4.78 is 80.3. The third-order valence-electron chi connectivity index (χ3n) is 9.97. The van der Waals surface area contributed by atoms with Gasteiger partial charge in [-0.05, 0) is 68.8 Å². The predicted octanol–water partition coefficient (Wildman–Crippen LogP) is 5.20. The number of nitrogens with two attached hydrogens (primary N) is 1. The van der Waals surface area contributed by atoms with Crippen molar-refractivity contribution in [3.8, 4) is 17.3 Å². The number of nitrogen functional groups attached to an aromatic ring is 1. The van der Waals surface area contributed by atoms with Gasteiger partial charge in [-0.25, -0.2) is 13.8 Å². The van der Waals surface area contributed by atoms with Crippen LogP contribution in [-0.4, -0.2) is 76.4 Å². The summed E-state index contributed by atoms with van der Waals surface area (Å²) in [6, 6.07) is 2.74. The van der Waals surface area contributed by atoms with Gasteiger partial charge in [0, 0.05) is 49.1 Å². The number of hydrogen-bond acceptors (Lipinski definition) is 8. The van der Waals surface area contributed by atoms with Crippen LogP contribution in [0.5, 0.6) is 6.01 Å². The Labute approximate surface area is 252 Å². The van der Waals surface area contributed by atoms with E-state index in [1.807, 2.05) is 0 Å². The number of alkyl halides is 4. The molecule has 3 saturated heterocycles. The highest BCUT2D eigenvalue weighted by Gasteiger charge is 2.49. The molecule has 0 bridgehead atoms. The van der Waals surface area contributed by atoms with Crippen LogP contribution < -0.4 is 20.7 Å². The molecule has 44 heavy (non-hydrogen) atoms. The summed E-state index contributed by atoms with van der Waals surface area (Å²) in [4.78, 5) is 17.6. The van der Waals surface area contributed by atoms with E-state index in [0.717, 1.165) is 31.9 Å². The third kappa shape index (κ3) is 4.83. The summed E-state index contributed by atoms with van der Waals surface area (Å²) in [5.41, 5.74) is 3.88. The zero-order chi connectivity index (χ0) is 31.0. The first-order chi connectivity index (χ1) is 21.0. The van der Waals surface area contributed by atoms with Crippen molar-refractivity contribution in [2.24, 2.45) is 0 Å². The Morgan fingerprint density at radius 2 is 2.00 bits per heavy atom. The molecule has 4 aliphatic rings. The number of ether oxygens (including phenoxy) is 1. The monoisotopic (exact) mass is 617 g/mol. The number of aromatic nitrogens is 3. The molecule has 4 atom stereocenters. The van der Waals surface area contributed by atoms with Gasteiger partial charge < -0.3 is 20.7 Å². The second-order valence-corrected chi connectivity index (χ2v) is 12.8. The van der Waals surface area contributed by atoms with Gasteiger partial charge in [-0.3, -0.25) is 4.90 Å². The Hall–Kier alpha value is -3.32. The molecule has 3 aromatic rings. The van der Waals surface area contributed by atoms with Crippen molar-refractivity contribution >= 4 is 22.5 Å². The standard InChI is InChI=1S/C31H36F5N7O/c1-3-19-14-43-20(12-38-19)6-5-17-10-21(26-24(31(34,35)36)16(2)9-22(37)39-26)25(33)27-23(17)28(43)41-29(40-27)44-15-30-7-4-8-42(30)13-18(32)11-30/h9-10,18-20,38H,3-8,11-15H2,1-2H3,(H2,37,39)/t18-,19-,20-,30+/m1/s1. The van der Waals surface area contributed by atoms with Gasteiger partial charge >= 0.3 is 12.2 Å². The average Bonchev–Trinajstić information content (AvgIpc) is 3.44. The van der Waals surface area contributed by atoms with E-state index >= 15 is 4.39 Å². The lowest BCUT2D eigenvalue weighted by Gasteiger charge is -2.40. The van der Waals surface area contributed by atoms with Gasteiger partial charge in [-0.1, -0.05) is 6.92 Å². The van der Waals surface area contributed by atoms with Crippen molar-refractivity contribution in [1.29, 1.82) is 0 Å². The van der Waals surface area contributed by atoms with Crippen LogP contribution in [0.25, 0.3) is 22.2 Å². The summed E-state index contributed by atoms with van der Waals surface area (Å²) >= 11 is 0. The maximum atomic E-state index is 16.7. The lowest BCUT2D eigenvalue weighted by atomic mass is 9.94. The van der Waals surface area contributed by atoms with Crippen LogP contribution in [0.1, 0.15) is 55.7 Å². The van der Waals surface area contributed by atoms with E-state index in [1.165, 1.54) is 13.0 Å². The lowest BCUT2D eigenvalue weighted by Crippen LogP contribution is -2.56. The summed E-state index contributed by atoms with van der Waals surface area (Å²) in [7, 11) is 0. The molecule has 0 saturated carbocycles. The highest BCUT2D eigenvalue weighted by Crippen LogP contribution is 2.45. The Bertz CT molecular complexity index is 1620. The van der Waals surface area contributed by atoms with Gasteiger partial charge in [-0.2, -0.15) is 23.1 Å². The second-order valence-electron chi connectivity index (χ2n) is 12.8. The molecule has 2 aromatic heterocycles. The molecular formula is C31H36F5N7O. The molecule has 4 aliphatic heterocycles. The van der Waals surface area contributed by atoms with Crippen LogP contribution >= 0.6 is 0 Å². The minimum atomic E-state index is -4.79. The van der Waals surface area contributed by atoms with E-state index < -0.39 is 35.0 Å². The Balaban J connectivity index is 1.41. The number of aryl methyl sites for hydroxylation is 2. The summed E-state index contributed by atoms with van der Waals surface area (Å²) in [5.74, 6) is -0.567. The van der Waals surface area contributed by atoms with Crippen molar-refractivity contribution in [2.75, 3.05) is 43.4 Å². The van der Waals surface area contributed by atoms with Crippen LogP contribution in [0.3, 0.4) is 0 Å². The van der Waals surface area contributed by atoms with Gasteiger partial charge in [0.1, 0.15) is 29.9 Å². The van der Waals surface area contributed by atoms with E-state index in [1.54, 1.807) is 0 Å². The molecule has 8 nitrogen and oxygen atoms in total. The number of nitrogens with zero attached hydrogens (tertiary/aromatic N) is 5. The molecule has 0 radical (unpaired) electrons. The zero-order valence-electron chi connectivity index (χ0n) is 24.8. The fraction of sp³-hybridized carbons (Fsp3) is 0.581. The molecule has 0 unspecified atom stereocenters. The molecule has 0 amide bonds. The number of hydrogen-bond donors (Lipinski definition) is 2. The molecule has 6 heterocycles. The molecule has 13 heteroatoms. The van der Waals surface area contributed by atoms with Crippen molar-refractivity contribution in [3.63, 3.8) is 0 Å². The highest BCUT2D eigenvalue weighted by atomic mass is 19.4. The maximum Gasteiger partial charge on any atom is 0.418 e. The number of rotatable bonds is 5. The van der Waals surface area contributed by atoms with Gasteiger partial charge in [0.25, 0.3) is 0 Å². The number of anilines is 2. The van der Waals surface area contributed by atoms with Crippen LogP contribution in [-0.2, 0) is 12.6 Å². The number of nitrogens with one attached hydrogen (secondary N) is 1. The number of benzene rings is 1. The molecule has 1 aromatic carbocycles. The topological polar surface area (TPSA) is 92.4 Å². The van der Waals surface area contributed by atoms with Crippen LogP contribution in [0.4, 0.5) is 33.6 Å². The lowest BCUT2D eigenvalue weighted by molar-refractivity contribution is -0.137.